The minimum Gasteiger partial charge on any atom is -0.368 e. The summed E-state index contributed by atoms with van der Waals surface area (Å²) in [4.78, 5) is 30.6. The van der Waals surface area contributed by atoms with Crippen LogP contribution in [0.2, 0.25) is 0 Å². The molecule has 1 saturated heterocycles. The van der Waals surface area contributed by atoms with Crippen LogP contribution in [0.15, 0.2) is 42.9 Å². The zero-order chi connectivity index (χ0) is 19.0. The van der Waals surface area contributed by atoms with Crippen molar-refractivity contribution in [2.75, 3.05) is 13.1 Å². The number of hydrogen-bond donors (Lipinski definition) is 1. The average Bonchev–Trinajstić information content (AvgIpc) is 3.26. The molecule has 1 aliphatic heterocycles. The predicted octanol–water partition coefficient (Wildman–Crippen LogP) is 1.88. The van der Waals surface area contributed by atoms with Crippen LogP contribution >= 0.6 is 0 Å². The largest absolute Gasteiger partial charge is 0.368 e. The number of fused-ring (bicyclic) bond motifs is 1. The van der Waals surface area contributed by atoms with Crippen molar-refractivity contribution in [1.29, 1.82) is 0 Å². The number of nitrogens with two attached hydrogens (primary N) is 1. The Hall–Kier alpha value is -3.09. The summed E-state index contributed by atoms with van der Waals surface area (Å²) in [5, 5.41) is 0.990. The molecule has 1 aromatic carbocycles. The molecule has 2 amide bonds. The second kappa shape index (κ2) is 6.90. The van der Waals surface area contributed by atoms with Gasteiger partial charge in [0.25, 0.3) is 5.91 Å². The van der Waals surface area contributed by atoms with Gasteiger partial charge in [0.05, 0.1) is 5.56 Å². The van der Waals surface area contributed by atoms with Crippen LogP contribution in [0.1, 0.15) is 34.9 Å². The van der Waals surface area contributed by atoms with Crippen LogP contribution < -0.4 is 5.73 Å². The topological polar surface area (TPSA) is 86.2 Å². The van der Waals surface area contributed by atoms with E-state index < -0.39 is 0 Å². The summed E-state index contributed by atoms with van der Waals surface area (Å²) < 4.78 is 3.81. The van der Waals surface area contributed by atoms with Crippen LogP contribution in [0.5, 0.6) is 0 Å². The molecule has 7 heteroatoms. The number of benzene rings is 1. The number of aryl methyl sites for hydroxylation is 1. The highest BCUT2D eigenvalue weighted by molar-refractivity contribution is 6.07. The number of para-hydroxylation sites is 1. The Morgan fingerprint density at radius 1 is 1.22 bits per heavy atom. The number of amides is 2. The van der Waals surface area contributed by atoms with Crippen molar-refractivity contribution in [2.24, 2.45) is 12.8 Å². The Morgan fingerprint density at radius 2 is 1.96 bits per heavy atom. The Morgan fingerprint density at radius 3 is 2.70 bits per heavy atom. The van der Waals surface area contributed by atoms with Crippen LogP contribution in [0, 0.1) is 0 Å². The lowest BCUT2D eigenvalue weighted by molar-refractivity contribution is -0.118. The van der Waals surface area contributed by atoms with Gasteiger partial charge < -0.3 is 19.8 Å². The van der Waals surface area contributed by atoms with Gasteiger partial charge >= 0.3 is 0 Å². The Labute approximate surface area is 157 Å². The molecule has 0 aliphatic carbocycles. The zero-order valence-electron chi connectivity index (χ0n) is 15.3. The highest BCUT2D eigenvalue weighted by Crippen LogP contribution is 2.29. The lowest BCUT2D eigenvalue weighted by Crippen LogP contribution is -2.38. The monoisotopic (exact) mass is 365 g/mol. The number of carbonyl (C=O) groups is 2. The fraction of sp³-hybridized carbons (Fsp3) is 0.350. The molecule has 0 saturated carbocycles. The van der Waals surface area contributed by atoms with Crippen LogP contribution in [0.3, 0.4) is 0 Å². The highest BCUT2D eigenvalue weighted by Gasteiger charge is 2.28. The molecule has 140 valence electrons. The lowest BCUT2D eigenvalue weighted by Gasteiger charge is -2.31. The third-order valence-corrected chi connectivity index (χ3v) is 5.35. The van der Waals surface area contributed by atoms with Gasteiger partial charge in [-0.05, 0) is 18.9 Å². The number of rotatable bonds is 4. The first-order chi connectivity index (χ1) is 13.0. The summed E-state index contributed by atoms with van der Waals surface area (Å²) in [6.45, 7) is 1.50. The SMILES string of the molecule is Cn1cc(C(=O)N2CCC(c3nccn3CC(N)=O)CC2)c2ccccc21. The Kier molecular flexibility index (Phi) is 4.43. The van der Waals surface area contributed by atoms with Crippen molar-refractivity contribution >= 4 is 22.7 Å². The Bertz CT molecular complexity index is 995. The van der Waals surface area contributed by atoms with Crippen molar-refractivity contribution in [3.05, 3.63) is 54.2 Å². The standard InChI is InChI=1S/C20H23N5O2/c1-23-12-16(15-4-2-3-5-17(15)23)20(27)24-9-6-14(7-10-24)19-22-8-11-25(19)13-18(21)26/h2-5,8,11-12,14H,6-7,9-10,13H2,1H3,(H2,21,26). The van der Waals surface area contributed by atoms with E-state index in [4.69, 9.17) is 5.73 Å². The van der Waals surface area contributed by atoms with Gasteiger partial charge in [-0.2, -0.15) is 0 Å². The number of nitrogens with zero attached hydrogens (tertiary/aromatic N) is 4. The van der Waals surface area contributed by atoms with Crippen molar-refractivity contribution in [2.45, 2.75) is 25.3 Å². The molecular formula is C20H23N5O2. The normalized spacial score (nSPS) is 15.4. The summed E-state index contributed by atoms with van der Waals surface area (Å²) in [5.74, 6) is 0.811. The Balaban J connectivity index is 1.48. The van der Waals surface area contributed by atoms with Gasteiger partial charge in [-0.3, -0.25) is 9.59 Å². The maximum absolute atomic E-state index is 13.1. The molecular weight excluding hydrogens is 342 g/mol. The van der Waals surface area contributed by atoms with Gasteiger partial charge in [0.15, 0.2) is 0 Å². The molecule has 0 spiro atoms. The van der Waals surface area contributed by atoms with Gasteiger partial charge in [0, 0.05) is 55.5 Å². The lowest BCUT2D eigenvalue weighted by atomic mass is 9.95. The van der Waals surface area contributed by atoms with Gasteiger partial charge in [-0.15, -0.1) is 0 Å². The maximum atomic E-state index is 13.1. The summed E-state index contributed by atoms with van der Waals surface area (Å²) >= 11 is 0. The smallest absolute Gasteiger partial charge is 0.256 e. The average molecular weight is 365 g/mol. The molecule has 1 aliphatic rings. The van der Waals surface area contributed by atoms with Gasteiger partial charge in [-0.1, -0.05) is 18.2 Å². The highest BCUT2D eigenvalue weighted by atomic mass is 16.2. The van der Waals surface area contributed by atoms with Crippen LogP contribution in [-0.4, -0.2) is 43.9 Å². The fourth-order valence-electron chi connectivity index (χ4n) is 4.01. The molecule has 27 heavy (non-hydrogen) atoms. The van der Waals surface area contributed by atoms with E-state index in [1.807, 2.05) is 51.5 Å². The summed E-state index contributed by atoms with van der Waals surface area (Å²) in [6.07, 6.45) is 7.05. The van der Waals surface area contributed by atoms with Crippen LogP contribution in [0.4, 0.5) is 0 Å². The fourth-order valence-corrected chi connectivity index (χ4v) is 4.01. The first-order valence-corrected chi connectivity index (χ1v) is 9.17. The van der Waals surface area contributed by atoms with E-state index in [2.05, 4.69) is 4.98 Å². The molecule has 0 bridgehead atoms. The van der Waals surface area contributed by atoms with Crippen molar-refractivity contribution < 1.29 is 9.59 Å². The second-order valence-corrected chi connectivity index (χ2v) is 7.12. The van der Waals surface area contributed by atoms with Crippen LogP contribution in [0.25, 0.3) is 10.9 Å². The van der Waals surface area contributed by atoms with E-state index in [1.54, 1.807) is 12.4 Å². The predicted molar refractivity (Wildman–Crippen MR) is 102 cm³/mol. The summed E-state index contributed by atoms with van der Waals surface area (Å²) in [6, 6.07) is 7.97. The second-order valence-electron chi connectivity index (χ2n) is 7.12. The van der Waals surface area contributed by atoms with E-state index in [-0.39, 0.29) is 24.3 Å². The van der Waals surface area contributed by atoms with E-state index in [0.29, 0.717) is 13.1 Å². The number of piperidine rings is 1. The molecule has 0 atom stereocenters. The summed E-state index contributed by atoms with van der Waals surface area (Å²) in [5.41, 5.74) is 7.12. The third kappa shape index (κ3) is 3.20. The molecule has 7 nitrogen and oxygen atoms in total. The number of likely N-dealkylation sites (tertiary alicyclic amines) is 1. The van der Waals surface area contributed by atoms with Crippen molar-refractivity contribution in [1.82, 2.24) is 19.0 Å². The molecule has 2 aromatic heterocycles. The summed E-state index contributed by atoms with van der Waals surface area (Å²) in [7, 11) is 1.96. The third-order valence-electron chi connectivity index (χ3n) is 5.35. The molecule has 2 N–H and O–H groups in total. The quantitative estimate of drug-likeness (QED) is 0.766. The molecule has 1 fully saturated rings. The van der Waals surface area contributed by atoms with Gasteiger partial charge in [-0.25, -0.2) is 4.98 Å². The van der Waals surface area contributed by atoms with E-state index in [0.717, 1.165) is 35.1 Å². The molecule has 3 heterocycles. The molecule has 0 radical (unpaired) electrons. The maximum Gasteiger partial charge on any atom is 0.256 e. The first-order valence-electron chi connectivity index (χ1n) is 9.17. The van der Waals surface area contributed by atoms with Crippen molar-refractivity contribution in [3.8, 4) is 0 Å². The molecule has 4 rings (SSSR count). The zero-order valence-corrected chi connectivity index (χ0v) is 15.3. The van der Waals surface area contributed by atoms with Crippen LogP contribution in [-0.2, 0) is 18.4 Å². The number of imidazole rings is 1. The van der Waals surface area contributed by atoms with Crippen molar-refractivity contribution in [3.63, 3.8) is 0 Å². The number of aromatic nitrogens is 3. The number of carbonyl (C=O) groups excluding carboxylic acids is 2. The van der Waals surface area contributed by atoms with E-state index in [9.17, 15) is 9.59 Å². The van der Waals surface area contributed by atoms with Gasteiger partial charge in [0.1, 0.15) is 12.4 Å². The number of hydrogen-bond acceptors (Lipinski definition) is 3. The molecule has 0 unspecified atom stereocenters. The van der Waals surface area contributed by atoms with Gasteiger partial charge in [0.2, 0.25) is 5.91 Å². The van der Waals surface area contributed by atoms with E-state index in [1.165, 1.54) is 0 Å². The van der Waals surface area contributed by atoms with E-state index >= 15 is 0 Å². The minimum atomic E-state index is -0.377. The first kappa shape index (κ1) is 17.3. The number of primary amides is 1. The minimum absolute atomic E-state index is 0.0747. The molecule has 3 aromatic rings.